The Balaban J connectivity index is 0.00000288. The van der Waals surface area contributed by atoms with Crippen LogP contribution in [0.4, 0.5) is 0 Å². The largest absolute Gasteiger partial charge is 0.357 e. The summed E-state index contributed by atoms with van der Waals surface area (Å²) in [5.41, 5.74) is 0. The number of aliphatic imine (C=N–C) groups is 1. The van der Waals surface area contributed by atoms with E-state index in [0.29, 0.717) is 24.3 Å². The fourth-order valence-corrected chi connectivity index (χ4v) is 4.34. The zero-order chi connectivity index (χ0) is 16.3. The molecular weight excluding hydrogens is 435 g/mol. The van der Waals surface area contributed by atoms with E-state index in [1.54, 1.807) is 0 Å². The molecule has 0 spiro atoms. The maximum absolute atomic E-state index is 12.0. The van der Waals surface area contributed by atoms with Gasteiger partial charge in [-0.05, 0) is 38.4 Å². The number of carbonyl (C=O) groups excluding carboxylic acids is 1. The van der Waals surface area contributed by atoms with E-state index >= 15 is 0 Å². The van der Waals surface area contributed by atoms with Crippen LogP contribution in [0.3, 0.4) is 0 Å². The van der Waals surface area contributed by atoms with Crippen LogP contribution in [0.15, 0.2) is 4.99 Å². The van der Waals surface area contributed by atoms with E-state index in [0.717, 1.165) is 31.9 Å². The third-order valence-electron chi connectivity index (χ3n) is 4.44. The maximum Gasteiger partial charge on any atom is 0.221 e. The normalized spacial score (nSPS) is 21.9. The molecule has 5 nitrogen and oxygen atoms in total. The zero-order valence-corrected chi connectivity index (χ0v) is 18.0. The van der Waals surface area contributed by atoms with Gasteiger partial charge in [0.1, 0.15) is 0 Å². The molecule has 1 aliphatic carbocycles. The van der Waals surface area contributed by atoms with Crippen molar-refractivity contribution in [2.24, 2.45) is 4.99 Å². The Hall–Kier alpha value is -0.180. The number of hydrogen-bond acceptors (Lipinski definition) is 3. The van der Waals surface area contributed by atoms with Gasteiger partial charge >= 0.3 is 0 Å². The predicted molar refractivity (Wildman–Crippen MR) is 115 cm³/mol. The summed E-state index contributed by atoms with van der Waals surface area (Å²) in [5.74, 6) is 2.27. The van der Waals surface area contributed by atoms with Gasteiger partial charge in [-0.2, -0.15) is 11.8 Å². The number of thioether (sulfide) groups is 1. The van der Waals surface area contributed by atoms with Gasteiger partial charge in [-0.3, -0.25) is 9.79 Å². The lowest BCUT2D eigenvalue weighted by atomic mass is 9.95. The van der Waals surface area contributed by atoms with Gasteiger partial charge in [-0.1, -0.05) is 19.3 Å². The molecule has 2 rings (SSSR count). The van der Waals surface area contributed by atoms with Crippen LogP contribution in [-0.2, 0) is 4.79 Å². The van der Waals surface area contributed by atoms with Crippen molar-refractivity contribution in [1.29, 1.82) is 0 Å². The highest BCUT2D eigenvalue weighted by molar-refractivity contribution is 14.0. The van der Waals surface area contributed by atoms with Crippen LogP contribution in [-0.4, -0.2) is 48.5 Å². The minimum Gasteiger partial charge on any atom is -0.357 e. The first kappa shape index (κ1) is 21.9. The summed E-state index contributed by atoms with van der Waals surface area (Å²) in [6.07, 6.45) is 9.20. The maximum atomic E-state index is 12.0. The monoisotopic (exact) mass is 468 g/mol. The van der Waals surface area contributed by atoms with E-state index in [-0.39, 0.29) is 29.9 Å². The molecule has 24 heavy (non-hydrogen) atoms. The van der Waals surface area contributed by atoms with Crippen LogP contribution in [0.5, 0.6) is 0 Å². The highest BCUT2D eigenvalue weighted by atomic mass is 127. The Labute approximate surface area is 168 Å². The van der Waals surface area contributed by atoms with Crippen molar-refractivity contribution >= 4 is 47.6 Å². The molecule has 1 atom stereocenters. The first-order valence-electron chi connectivity index (χ1n) is 9.21. The van der Waals surface area contributed by atoms with Gasteiger partial charge in [0.05, 0.1) is 6.54 Å². The second-order valence-electron chi connectivity index (χ2n) is 6.43. The molecule has 140 valence electrons. The summed E-state index contributed by atoms with van der Waals surface area (Å²) in [4.78, 5) is 16.7. The van der Waals surface area contributed by atoms with Gasteiger partial charge < -0.3 is 16.0 Å². The average molecular weight is 468 g/mol. The molecule has 7 heteroatoms. The number of halogens is 1. The molecule has 2 fully saturated rings. The van der Waals surface area contributed by atoms with Gasteiger partial charge in [0.2, 0.25) is 5.91 Å². The third-order valence-corrected chi connectivity index (χ3v) is 5.82. The Morgan fingerprint density at radius 1 is 1.12 bits per heavy atom. The topological polar surface area (TPSA) is 65.5 Å². The van der Waals surface area contributed by atoms with Crippen molar-refractivity contribution in [3.8, 4) is 0 Å². The van der Waals surface area contributed by atoms with E-state index in [4.69, 9.17) is 0 Å². The summed E-state index contributed by atoms with van der Waals surface area (Å²) in [6, 6.07) is 0.401. The Morgan fingerprint density at radius 2 is 1.92 bits per heavy atom. The highest BCUT2D eigenvalue weighted by Gasteiger charge is 2.16. The van der Waals surface area contributed by atoms with Gasteiger partial charge in [-0.15, -0.1) is 24.0 Å². The van der Waals surface area contributed by atoms with Crippen molar-refractivity contribution in [2.45, 2.75) is 69.6 Å². The molecule has 1 unspecified atom stereocenters. The lowest BCUT2D eigenvalue weighted by molar-refractivity contribution is -0.121. The number of amides is 1. The molecule has 3 N–H and O–H groups in total. The van der Waals surface area contributed by atoms with Crippen LogP contribution in [0.25, 0.3) is 0 Å². The average Bonchev–Trinajstić information content (AvgIpc) is 3.07. The summed E-state index contributed by atoms with van der Waals surface area (Å²) in [5, 5.41) is 10.4. The molecule has 1 saturated heterocycles. The van der Waals surface area contributed by atoms with Gasteiger partial charge in [0.15, 0.2) is 5.96 Å². The van der Waals surface area contributed by atoms with E-state index in [1.165, 1.54) is 37.9 Å². The van der Waals surface area contributed by atoms with E-state index < -0.39 is 0 Å². The third kappa shape index (κ3) is 8.78. The summed E-state index contributed by atoms with van der Waals surface area (Å²) >= 11 is 2.02. The second kappa shape index (κ2) is 13.1. The minimum atomic E-state index is 0. The molecule has 2 aliphatic rings. The second-order valence-corrected chi connectivity index (χ2v) is 7.84. The lowest BCUT2D eigenvalue weighted by Crippen LogP contribution is -2.41. The Morgan fingerprint density at radius 3 is 2.58 bits per heavy atom. The number of carbonyl (C=O) groups is 1. The standard InChI is InChI=1S/C17H32N4OS.HI/c1-2-18-17(20-13-15-9-6-12-23-15)19-11-10-16(22)21-14-7-4-3-5-8-14;/h14-15H,2-13H2,1H3,(H,21,22)(H2,18,19,20);1H. The molecule has 0 aromatic rings. The van der Waals surface area contributed by atoms with Crippen molar-refractivity contribution in [1.82, 2.24) is 16.0 Å². The molecule has 0 aromatic heterocycles. The van der Waals surface area contributed by atoms with Crippen LogP contribution in [0, 0.1) is 0 Å². The first-order chi connectivity index (χ1) is 11.3. The van der Waals surface area contributed by atoms with Gasteiger partial charge in [0, 0.05) is 30.8 Å². The summed E-state index contributed by atoms with van der Waals surface area (Å²) in [7, 11) is 0. The zero-order valence-electron chi connectivity index (χ0n) is 14.8. The Bertz CT molecular complexity index is 383. The van der Waals surface area contributed by atoms with Crippen LogP contribution in [0.1, 0.15) is 58.3 Å². The number of rotatable bonds is 7. The van der Waals surface area contributed by atoms with Crippen molar-refractivity contribution in [3.05, 3.63) is 0 Å². The lowest BCUT2D eigenvalue weighted by Gasteiger charge is -2.22. The first-order valence-corrected chi connectivity index (χ1v) is 10.3. The molecule has 1 saturated carbocycles. The highest BCUT2D eigenvalue weighted by Crippen LogP contribution is 2.25. The van der Waals surface area contributed by atoms with E-state index in [2.05, 4.69) is 27.9 Å². The van der Waals surface area contributed by atoms with Crippen molar-refractivity contribution in [3.63, 3.8) is 0 Å². The fourth-order valence-electron chi connectivity index (χ4n) is 3.16. The SMILES string of the molecule is CCNC(=NCC1CCCS1)NCCC(=O)NC1CCCCC1.I. The summed E-state index contributed by atoms with van der Waals surface area (Å²) in [6.45, 7) is 4.42. The molecule has 0 radical (unpaired) electrons. The molecule has 1 heterocycles. The number of nitrogens with zero attached hydrogens (tertiary/aromatic N) is 1. The van der Waals surface area contributed by atoms with Crippen LogP contribution >= 0.6 is 35.7 Å². The number of hydrogen-bond donors (Lipinski definition) is 3. The van der Waals surface area contributed by atoms with Crippen molar-refractivity contribution < 1.29 is 4.79 Å². The fraction of sp³-hybridized carbons (Fsp3) is 0.882. The molecule has 0 bridgehead atoms. The smallest absolute Gasteiger partial charge is 0.221 e. The Kier molecular flexibility index (Phi) is 11.9. The van der Waals surface area contributed by atoms with Crippen LogP contribution in [0.2, 0.25) is 0 Å². The van der Waals surface area contributed by atoms with Gasteiger partial charge in [-0.25, -0.2) is 0 Å². The van der Waals surface area contributed by atoms with Gasteiger partial charge in [0.25, 0.3) is 0 Å². The number of nitrogens with one attached hydrogen (secondary N) is 3. The van der Waals surface area contributed by atoms with Crippen molar-refractivity contribution in [2.75, 3.05) is 25.4 Å². The molecule has 0 aromatic carbocycles. The molecule has 1 amide bonds. The quantitative estimate of drug-likeness (QED) is 0.306. The minimum absolute atomic E-state index is 0. The molecular formula is C17H33IN4OS. The predicted octanol–water partition coefficient (Wildman–Crippen LogP) is 2.89. The number of guanidine groups is 1. The van der Waals surface area contributed by atoms with E-state index in [1.807, 2.05) is 11.8 Å². The molecule has 1 aliphatic heterocycles. The van der Waals surface area contributed by atoms with Crippen LogP contribution < -0.4 is 16.0 Å². The summed E-state index contributed by atoms with van der Waals surface area (Å²) < 4.78 is 0. The van der Waals surface area contributed by atoms with E-state index in [9.17, 15) is 4.79 Å².